The summed E-state index contributed by atoms with van der Waals surface area (Å²) in [4.78, 5) is 24.1. The summed E-state index contributed by atoms with van der Waals surface area (Å²) >= 11 is 0. The summed E-state index contributed by atoms with van der Waals surface area (Å²) in [7, 11) is 1.65. The molecule has 0 bridgehead atoms. The maximum absolute atomic E-state index is 12.5. The van der Waals surface area contributed by atoms with Gasteiger partial charge >= 0.3 is 5.97 Å². The Hall–Kier alpha value is -3.33. The Morgan fingerprint density at radius 2 is 1.89 bits per heavy atom. The fourth-order valence-corrected chi connectivity index (χ4v) is 8.42. The van der Waals surface area contributed by atoms with Crippen LogP contribution in [-0.2, 0) is 14.3 Å². The number of carbonyl (C=O) groups is 2. The number of amides is 1. The van der Waals surface area contributed by atoms with E-state index < -0.39 is 5.91 Å². The predicted octanol–water partition coefficient (Wildman–Crippen LogP) is 5.89. The molecule has 0 saturated heterocycles. The average molecular weight is 515 g/mol. The van der Waals surface area contributed by atoms with Gasteiger partial charge in [0.1, 0.15) is 23.5 Å². The van der Waals surface area contributed by atoms with Crippen molar-refractivity contribution in [2.75, 3.05) is 7.11 Å². The minimum atomic E-state index is -0.648. The van der Waals surface area contributed by atoms with Crippen LogP contribution in [0.1, 0.15) is 71.3 Å². The maximum atomic E-state index is 12.5. The standard InChI is InChI=1S/C32H38N2O4/c1-19(35)38-24-10-12-31(2)22(17-24)8-9-25-27(31)11-13-32(3)28(25)16-21(29(32)26(18-33)30(34)36)14-20-6-5-7-23(15-20)37-4/h5-8,14-15,24-25,27-28H,9-13,16-17H2,1-4H3,(H2,34,36)/b21-14+,29-26+/t24-,25+,27-,28-,31-,32-/m0/s1. The molecular weight excluding hydrogens is 476 g/mol. The molecule has 1 aromatic carbocycles. The van der Waals surface area contributed by atoms with Crippen LogP contribution in [0.5, 0.6) is 5.75 Å². The number of nitrogens with zero attached hydrogens (tertiary/aromatic N) is 1. The van der Waals surface area contributed by atoms with Crippen molar-refractivity contribution in [3.8, 4) is 11.8 Å². The van der Waals surface area contributed by atoms with Crippen molar-refractivity contribution in [2.45, 2.75) is 71.8 Å². The van der Waals surface area contributed by atoms with E-state index >= 15 is 0 Å². The topological polar surface area (TPSA) is 102 Å². The number of methoxy groups -OCH3 is 1. The summed E-state index contributed by atoms with van der Waals surface area (Å²) in [5.74, 6) is 1.21. The summed E-state index contributed by atoms with van der Waals surface area (Å²) in [5.41, 5.74) is 10.00. The van der Waals surface area contributed by atoms with Crippen molar-refractivity contribution in [3.63, 3.8) is 0 Å². The first kappa shape index (κ1) is 26.3. The molecule has 3 fully saturated rings. The van der Waals surface area contributed by atoms with Crippen LogP contribution in [0.4, 0.5) is 0 Å². The highest BCUT2D eigenvalue weighted by Crippen LogP contribution is 2.67. The maximum Gasteiger partial charge on any atom is 0.302 e. The van der Waals surface area contributed by atoms with Crippen LogP contribution in [0.2, 0.25) is 0 Å². The molecule has 4 aliphatic carbocycles. The second kappa shape index (κ2) is 9.76. The molecule has 0 aromatic heterocycles. The second-order valence-electron chi connectivity index (χ2n) is 12.1. The van der Waals surface area contributed by atoms with E-state index in [2.05, 4.69) is 32.1 Å². The third-order valence-corrected chi connectivity index (χ3v) is 10.2. The number of hydrogen-bond donors (Lipinski definition) is 1. The van der Waals surface area contributed by atoms with Gasteiger partial charge in [0.25, 0.3) is 5.91 Å². The second-order valence-corrected chi connectivity index (χ2v) is 12.1. The summed E-state index contributed by atoms with van der Waals surface area (Å²) in [6.07, 6.45) is 11.0. The number of ether oxygens (including phenoxy) is 2. The molecule has 0 radical (unpaired) electrons. The lowest BCUT2D eigenvalue weighted by molar-refractivity contribution is -0.148. The van der Waals surface area contributed by atoms with Crippen LogP contribution in [0, 0.1) is 39.9 Å². The van der Waals surface area contributed by atoms with E-state index in [4.69, 9.17) is 15.2 Å². The van der Waals surface area contributed by atoms with Crippen LogP contribution in [0.15, 0.2) is 52.6 Å². The first-order valence-electron chi connectivity index (χ1n) is 13.8. The zero-order valence-corrected chi connectivity index (χ0v) is 22.9. The van der Waals surface area contributed by atoms with E-state index in [0.717, 1.165) is 67.4 Å². The molecule has 1 amide bonds. The lowest BCUT2D eigenvalue weighted by Crippen LogP contribution is -2.50. The average Bonchev–Trinajstić information content (AvgIpc) is 3.16. The largest absolute Gasteiger partial charge is 0.497 e. The molecule has 1 aromatic rings. The van der Waals surface area contributed by atoms with Crippen LogP contribution < -0.4 is 10.5 Å². The minimum absolute atomic E-state index is 0.0237. The molecule has 0 unspecified atom stereocenters. The molecule has 6 heteroatoms. The number of rotatable bonds is 4. The molecule has 2 N–H and O–H groups in total. The summed E-state index contributed by atoms with van der Waals surface area (Å²) < 4.78 is 11.0. The number of primary amides is 1. The van der Waals surface area contributed by atoms with Gasteiger partial charge in [0, 0.05) is 13.3 Å². The van der Waals surface area contributed by atoms with E-state index in [0.29, 0.717) is 17.8 Å². The number of hydrogen-bond acceptors (Lipinski definition) is 5. The monoisotopic (exact) mass is 514 g/mol. The van der Waals surface area contributed by atoms with Gasteiger partial charge in [-0.05, 0) is 96.0 Å². The summed E-state index contributed by atoms with van der Waals surface area (Å²) in [6.45, 7) is 6.14. The van der Waals surface area contributed by atoms with Gasteiger partial charge in [0.2, 0.25) is 0 Å². The highest BCUT2D eigenvalue weighted by Gasteiger charge is 2.59. The molecule has 6 atom stereocenters. The zero-order valence-electron chi connectivity index (χ0n) is 22.9. The number of nitrogens with two attached hydrogens (primary N) is 1. The van der Waals surface area contributed by atoms with Gasteiger partial charge < -0.3 is 15.2 Å². The van der Waals surface area contributed by atoms with Crippen LogP contribution in [0.25, 0.3) is 6.08 Å². The minimum Gasteiger partial charge on any atom is -0.497 e. The molecule has 38 heavy (non-hydrogen) atoms. The fourth-order valence-electron chi connectivity index (χ4n) is 8.42. The third-order valence-electron chi connectivity index (χ3n) is 10.2. The van der Waals surface area contributed by atoms with Gasteiger partial charge in [-0.3, -0.25) is 9.59 Å². The van der Waals surface area contributed by atoms with E-state index in [1.54, 1.807) is 7.11 Å². The van der Waals surface area contributed by atoms with Gasteiger partial charge in [0.05, 0.1) is 7.11 Å². The van der Waals surface area contributed by atoms with Crippen molar-refractivity contribution >= 4 is 18.0 Å². The highest BCUT2D eigenvalue weighted by molar-refractivity contribution is 5.98. The molecule has 3 saturated carbocycles. The van der Waals surface area contributed by atoms with Gasteiger partial charge in [-0.2, -0.15) is 5.26 Å². The Bertz CT molecular complexity index is 1300. The van der Waals surface area contributed by atoms with Gasteiger partial charge in [-0.25, -0.2) is 0 Å². The highest BCUT2D eigenvalue weighted by atomic mass is 16.5. The first-order chi connectivity index (χ1) is 18.1. The number of carbonyl (C=O) groups excluding carboxylic acids is 2. The van der Waals surface area contributed by atoms with E-state index in [-0.39, 0.29) is 28.5 Å². The summed E-state index contributed by atoms with van der Waals surface area (Å²) in [6, 6.07) is 10.0. The normalized spacial score (nSPS) is 36.2. The zero-order chi connectivity index (χ0) is 27.2. The fraction of sp³-hybridized carbons (Fsp3) is 0.531. The number of fused-ring (bicyclic) bond motifs is 5. The Morgan fingerprint density at radius 3 is 2.58 bits per heavy atom. The first-order valence-corrected chi connectivity index (χ1v) is 13.8. The predicted molar refractivity (Wildman–Crippen MR) is 145 cm³/mol. The quantitative estimate of drug-likeness (QED) is 0.234. The van der Waals surface area contributed by atoms with Gasteiger partial charge in [-0.1, -0.05) is 43.7 Å². The van der Waals surface area contributed by atoms with Crippen molar-refractivity contribution in [3.05, 3.63) is 58.2 Å². The van der Waals surface area contributed by atoms with E-state index in [1.807, 2.05) is 24.3 Å². The lowest BCUT2D eigenvalue weighted by Gasteiger charge is -2.57. The molecule has 0 aliphatic heterocycles. The van der Waals surface area contributed by atoms with Crippen LogP contribution >= 0.6 is 0 Å². The van der Waals surface area contributed by atoms with Crippen LogP contribution in [-0.4, -0.2) is 25.1 Å². The van der Waals surface area contributed by atoms with Crippen LogP contribution in [0.3, 0.4) is 0 Å². The third kappa shape index (κ3) is 4.26. The number of allylic oxidation sites excluding steroid dienone is 3. The number of benzene rings is 1. The van der Waals surface area contributed by atoms with E-state index in [1.165, 1.54) is 12.5 Å². The molecule has 0 heterocycles. The Balaban J connectivity index is 1.55. The smallest absolute Gasteiger partial charge is 0.302 e. The molecule has 4 aliphatic rings. The number of esters is 1. The number of nitriles is 1. The Kier molecular flexibility index (Phi) is 6.75. The molecule has 0 spiro atoms. The summed E-state index contributed by atoms with van der Waals surface area (Å²) in [5, 5.41) is 10.0. The Morgan fingerprint density at radius 1 is 1.13 bits per heavy atom. The molecule has 200 valence electrons. The van der Waals surface area contributed by atoms with Gasteiger partial charge in [0.15, 0.2) is 0 Å². The lowest BCUT2D eigenvalue weighted by atomic mass is 9.47. The Labute approximate surface area is 225 Å². The SMILES string of the molecule is COc1cccc(/C=C2\C[C@H]3[C@@H]4CC=C5C[C@@H](OC(C)=O)CC[C@]5(C)[C@H]4CC[C@]3(C)\C2=C(/C#N)C(N)=O)c1. The van der Waals surface area contributed by atoms with Gasteiger partial charge in [-0.15, -0.1) is 0 Å². The van der Waals surface area contributed by atoms with Crippen molar-refractivity contribution in [1.82, 2.24) is 0 Å². The van der Waals surface area contributed by atoms with Crippen molar-refractivity contribution in [2.24, 2.45) is 34.3 Å². The van der Waals surface area contributed by atoms with Crippen molar-refractivity contribution in [1.29, 1.82) is 5.26 Å². The van der Waals surface area contributed by atoms with Crippen molar-refractivity contribution < 1.29 is 19.1 Å². The molecule has 6 nitrogen and oxygen atoms in total. The molecular formula is C32H38N2O4. The van der Waals surface area contributed by atoms with E-state index in [9.17, 15) is 14.9 Å². The molecule has 5 rings (SSSR count).